The fourth-order valence-corrected chi connectivity index (χ4v) is 4.21. The summed E-state index contributed by atoms with van der Waals surface area (Å²) in [5.41, 5.74) is 4.81. The Morgan fingerprint density at radius 3 is 2.25 bits per heavy atom. The van der Waals surface area contributed by atoms with Crippen LogP contribution in [0.3, 0.4) is 0 Å². The molecule has 0 N–H and O–H groups in total. The summed E-state index contributed by atoms with van der Waals surface area (Å²) >= 11 is 0. The van der Waals surface area contributed by atoms with Crippen molar-refractivity contribution in [3.05, 3.63) is 89.7 Å². The van der Waals surface area contributed by atoms with E-state index in [4.69, 9.17) is 14.5 Å². The average Bonchev–Trinajstić information content (AvgIpc) is 3.18. The van der Waals surface area contributed by atoms with Gasteiger partial charge in [0.2, 0.25) is 0 Å². The van der Waals surface area contributed by atoms with Crippen LogP contribution in [0.25, 0.3) is 11.0 Å². The van der Waals surface area contributed by atoms with E-state index < -0.39 is 0 Å². The lowest BCUT2D eigenvalue weighted by atomic mass is 9.96. The maximum Gasteiger partial charge on any atom is 0.161 e. The van der Waals surface area contributed by atoms with Crippen molar-refractivity contribution in [1.82, 2.24) is 9.55 Å². The van der Waals surface area contributed by atoms with Crippen molar-refractivity contribution < 1.29 is 9.47 Å². The molecule has 4 nitrogen and oxygen atoms in total. The first kappa shape index (κ1) is 21.9. The van der Waals surface area contributed by atoms with Crippen LogP contribution in [0.4, 0.5) is 0 Å². The maximum absolute atomic E-state index is 6.07. The summed E-state index contributed by atoms with van der Waals surface area (Å²) in [6.07, 6.45) is 1.10. The molecule has 1 aromatic heterocycles. The minimum atomic E-state index is 0.182. The number of aromatic nitrogens is 2. The van der Waals surface area contributed by atoms with Gasteiger partial charge in [0.05, 0.1) is 24.7 Å². The van der Waals surface area contributed by atoms with E-state index in [1.165, 1.54) is 11.1 Å². The second kappa shape index (κ2) is 9.90. The third kappa shape index (κ3) is 4.80. The van der Waals surface area contributed by atoms with Crippen LogP contribution in [0.5, 0.6) is 11.5 Å². The predicted molar refractivity (Wildman–Crippen MR) is 131 cm³/mol. The smallest absolute Gasteiger partial charge is 0.161 e. The number of methoxy groups -OCH3 is 1. The maximum atomic E-state index is 6.07. The lowest BCUT2D eigenvalue weighted by Gasteiger charge is -2.17. The second-order valence-electron chi connectivity index (χ2n) is 8.67. The van der Waals surface area contributed by atoms with Crippen LogP contribution in [0.15, 0.2) is 72.8 Å². The summed E-state index contributed by atoms with van der Waals surface area (Å²) < 4.78 is 13.8. The number of ether oxygens (including phenoxy) is 2. The van der Waals surface area contributed by atoms with Crippen molar-refractivity contribution in [2.24, 2.45) is 5.92 Å². The Morgan fingerprint density at radius 2 is 1.53 bits per heavy atom. The molecule has 0 aliphatic rings. The number of imidazole rings is 1. The van der Waals surface area contributed by atoms with E-state index in [9.17, 15) is 0 Å². The molecule has 4 aromatic rings. The van der Waals surface area contributed by atoms with Crippen molar-refractivity contribution in [2.45, 2.75) is 39.7 Å². The summed E-state index contributed by atoms with van der Waals surface area (Å²) in [6, 6.07) is 25.1. The van der Waals surface area contributed by atoms with E-state index in [-0.39, 0.29) is 5.92 Å². The normalized spacial score (nSPS) is 12.3. The second-order valence-corrected chi connectivity index (χ2v) is 8.67. The monoisotopic (exact) mass is 428 g/mol. The molecule has 0 radical (unpaired) electrons. The minimum Gasteiger partial charge on any atom is -0.493 e. The molecule has 0 aliphatic heterocycles. The summed E-state index contributed by atoms with van der Waals surface area (Å²) in [5.74, 6) is 3.41. The first-order chi connectivity index (χ1) is 15.6. The van der Waals surface area contributed by atoms with E-state index >= 15 is 0 Å². The number of hydrogen-bond donors (Lipinski definition) is 0. The Morgan fingerprint density at radius 1 is 0.844 bits per heavy atom. The molecule has 32 heavy (non-hydrogen) atoms. The molecule has 0 amide bonds. The largest absolute Gasteiger partial charge is 0.493 e. The Labute approximate surface area is 190 Å². The fraction of sp³-hybridized carbons (Fsp3) is 0.321. The van der Waals surface area contributed by atoms with Gasteiger partial charge in [0.1, 0.15) is 12.4 Å². The number of nitrogens with zero attached hydrogens (tertiary/aromatic N) is 2. The molecule has 0 bridgehead atoms. The SMILES string of the molecule is COc1ccccc1OCCn1c(C(C)c2ccc(CC(C)C)cc2)nc2ccccc21. The van der Waals surface area contributed by atoms with Gasteiger partial charge >= 0.3 is 0 Å². The van der Waals surface area contributed by atoms with Crippen LogP contribution in [0.2, 0.25) is 0 Å². The van der Waals surface area contributed by atoms with Crippen LogP contribution in [0.1, 0.15) is 43.6 Å². The summed E-state index contributed by atoms with van der Waals surface area (Å²) in [6.45, 7) is 7.99. The standard InChI is InChI=1S/C28H32N2O2/c1-20(2)19-22-13-15-23(16-14-22)21(3)28-29-24-9-5-6-10-25(24)30(28)17-18-32-27-12-8-7-11-26(27)31-4/h5-16,20-21H,17-19H2,1-4H3. The quantitative estimate of drug-likeness (QED) is 0.306. The van der Waals surface area contributed by atoms with Gasteiger partial charge in [0.15, 0.2) is 11.5 Å². The van der Waals surface area contributed by atoms with Crippen molar-refractivity contribution in [1.29, 1.82) is 0 Å². The van der Waals surface area contributed by atoms with Crippen LogP contribution in [0, 0.1) is 5.92 Å². The highest BCUT2D eigenvalue weighted by Gasteiger charge is 2.18. The molecular formula is C28H32N2O2. The highest BCUT2D eigenvalue weighted by molar-refractivity contribution is 5.76. The fourth-order valence-electron chi connectivity index (χ4n) is 4.21. The van der Waals surface area contributed by atoms with E-state index in [1.807, 2.05) is 30.3 Å². The summed E-state index contributed by atoms with van der Waals surface area (Å²) in [5, 5.41) is 0. The summed E-state index contributed by atoms with van der Waals surface area (Å²) in [7, 11) is 1.66. The minimum absolute atomic E-state index is 0.182. The number of benzene rings is 3. The number of fused-ring (bicyclic) bond motifs is 1. The molecule has 4 heteroatoms. The van der Waals surface area contributed by atoms with Crippen molar-refractivity contribution in [3.63, 3.8) is 0 Å². The number of hydrogen-bond acceptors (Lipinski definition) is 3. The molecule has 0 aliphatic carbocycles. The molecule has 4 rings (SSSR count). The molecule has 1 unspecified atom stereocenters. The third-order valence-corrected chi connectivity index (χ3v) is 5.84. The highest BCUT2D eigenvalue weighted by atomic mass is 16.5. The van der Waals surface area contributed by atoms with E-state index in [1.54, 1.807) is 7.11 Å². The van der Waals surface area contributed by atoms with Gasteiger partial charge in [-0.05, 0) is 47.7 Å². The van der Waals surface area contributed by atoms with Crippen LogP contribution >= 0.6 is 0 Å². The molecular weight excluding hydrogens is 396 g/mol. The van der Waals surface area contributed by atoms with Gasteiger partial charge in [-0.1, -0.05) is 69.3 Å². The first-order valence-electron chi connectivity index (χ1n) is 11.4. The third-order valence-electron chi connectivity index (χ3n) is 5.84. The molecule has 1 atom stereocenters. The lowest BCUT2D eigenvalue weighted by molar-refractivity contribution is 0.279. The zero-order valence-electron chi connectivity index (χ0n) is 19.4. The van der Waals surface area contributed by atoms with Crippen LogP contribution in [-0.4, -0.2) is 23.3 Å². The van der Waals surface area contributed by atoms with Gasteiger partial charge < -0.3 is 14.0 Å². The molecule has 0 fully saturated rings. The van der Waals surface area contributed by atoms with Gasteiger partial charge in [0.25, 0.3) is 0 Å². The van der Waals surface area contributed by atoms with Crippen LogP contribution < -0.4 is 9.47 Å². The Hall–Kier alpha value is -3.27. The molecule has 0 saturated carbocycles. The van der Waals surface area contributed by atoms with Gasteiger partial charge in [-0.15, -0.1) is 0 Å². The van der Waals surface area contributed by atoms with Crippen LogP contribution in [-0.2, 0) is 13.0 Å². The summed E-state index contributed by atoms with van der Waals surface area (Å²) in [4.78, 5) is 5.00. The van der Waals surface area contributed by atoms with E-state index in [2.05, 4.69) is 67.8 Å². The molecule has 1 heterocycles. The average molecular weight is 429 g/mol. The van der Waals surface area contributed by atoms with E-state index in [0.29, 0.717) is 19.1 Å². The van der Waals surface area contributed by atoms with Crippen molar-refractivity contribution in [2.75, 3.05) is 13.7 Å². The zero-order chi connectivity index (χ0) is 22.5. The Kier molecular flexibility index (Phi) is 6.79. The molecule has 0 spiro atoms. The van der Waals surface area contributed by atoms with Crippen molar-refractivity contribution in [3.8, 4) is 11.5 Å². The van der Waals surface area contributed by atoms with E-state index in [0.717, 1.165) is 34.8 Å². The molecule has 0 saturated heterocycles. The first-order valence-corrected chi connectivity index (χ1v) is 11.4. The number of para-hydroxylation sites is 4. The number of rotatable bonds is 9. The topological polar surface area (TPSA) is 36.3 Å². The van der Waals surface area contributed by atoms with Crippen molar-refractivity contribution >= 4 is 11.0 Å². The molecule has 3 aromatic carbocycles. The van der Waals surface area contributed by atoms with Gasteiger partial charge in [-0.25, -0.2) is 4.98 Å². The Bertz CT molecular complexity index is 1160. The zero-order valence-corrected chi connectivity index (χ0v) is 19.4. The molecule has 166 valence electrons. The Balaban J connectivity index is 1.58. The van der Waals surface area contributed by atoms with Gasteiger partial charge in [0, 0.05) is 5.92 Å². The van der Waals surface area contributed by atoms with Gasteiger partial charge in [-0.2, -0.15) is 0 Å². The highest BCUT2D eigenvalue weighted by Crippen LogP contribution is 2.29. The van der Waals surface area contributed by atoms with Gasteiger partial charge in [-0.3, -0.25) is 0 Å². The predicted octanol–water partition coefficient (Wildman–Crippen LogP) is 6.47. The lowest BCUT2D eigenvalue weighted by Crippen LogP contribution is -2.14.